The largest absolute Gasteiger partial charge is 0.320 e. The Morgan fingerprint density at radius 3 is 2.75 bits per heavy atom. The summed E-state index contributed by atoms with van der Waals surface area (Å²) in [6.07, 6.45) is 3.47. The van der Waals surface area contributed by atoms with Gasteiger partial charge in [-0.25, -0.2) is 13.8 Å². The van der Waals surface area contributed by atoms with Gasteiger partial charge in [0.05, 0.1) is 24.1 Å². The molecule has 0 aliphatic rings. The van der Waals surface area contributed by atoms with E-state index in [0.717, 1.165) is 11.6 Å². The lowest BCUT2D eigenvalue weighted by molar-refractivity contribution is 0.512. The molecule has 0 spiro atoms. The molecule has 104 valence electrons. The Morgan fingerprint density at radius 2 is 2.10 bits per heavy atom. The van der Waals surface area contributed by atoms with Crippen LogP contribution in [0.15, 0.2) is 24.5 Å². The quantitative estimate of drug-likeness (QED) is 0.697. The third-order valence-corrected chi connectivity index (χ3v) is 3.34. The molecule has 2 aromatic heterocycles. The molecular weight excluding hydrogens is 286 g/mol. The zero-order valence-electron chi connectivity index (χ0n) is 10.6. The van der Waals surface area contributed by atoms with Crippen LogP contribution in [0.4, 0.5) is 8.78 Å². The maximum atomic E-state index is 14.0. The van der Waals surface area contributed by atoms with E-state index in [2.05, 4.69) is 10.1 Å². The molecule has 20 heavy (non-hydrogen) atoms. The predicted octanol–water partition coefficient (Wildman–Crippen LogP) is 2.84. The summed E-state index contributed by atoms with van der Waals surface area (Å²) in [7, 11) is 1.79. The van der Waals surface area contributed by atoms with Crippen molar-refractivity contribution in [3.8, 4) is 0 Å². The zero-order chi connectivity index (χ0) is 14.3. The van der Waals surface area contributed by atoms with Crippen molar-refractivity contribution >= 4 is 22.6 Å². The number of hydrogen-bond acceptors (Lipinski definition) is 2. The second kappa shape index (κ2) is 4.86. The summed E-state index contributed by atoms with van der Waals surface area (Å²) in [6.45, 7) is 0.340. The van der Waals surface area contributed by atoms with Gasteiger partial charge in [0, 0.05) is 18.8 Å². The molecule has 0 unspecified atom stereocenters. The summed E-state index contributed by atoms with van der Waals surface area (Å²) in [5.74, 6) is -1.19. The van der Waals surface area contributed by atoms with E-state index in [-0.39, 0.29) is 11.4 Å². The lowest BCUT2D eigenvalue weighted by Gasteiger charge is -2.06. The first-order chi connectivity index (χ1) is 9.60. The Hall–Kier alpha value is -1.95. The molecule has 0 fully saturated rings. The molecule has 3 aromatic rings. The average molecular weight is 297 g/mol. The van der Waals surface area contributed by atoms with Crippen LogP contribution in [0.1, 0.15) is 11.4 Å². The Labute approximate surface area is 118 Å². The molecule has 0 bridgehead atoms. The summed E-state index contributed by atoms with van der Waals surface area (Å²) < 4.78 is 30.7. The highest BCUT2D eigenvalue weighted by molar-refractivity contribution is 6.16. The van der Waals surface area contributed by atoms with Crippen LogP contribution in [-0.2, 0) is 19.5 Å². The maximum Gasteiger partial charge on any atom is 0.184 e. The van der Waals surface area contributed by atoms with Crippen molar-refractivity contribution in [1.29, 1.82) is 0 Å². The zero-order valence-corrected chi connectivity index (χ0v) is 11.4. The Balaban J connectivity index is 2.19. The first kappa shape index (κ1) is 13.1. The average Bonchev–Trinajstić information content (AvgIpc) is 2.99. The van der Waals surface area contributed by atoms with Crippen molar-refractivity contribution in [3.05, 3.63) is 47.5 Å². The van der Waals surface area contributed by atoms with Crippen LogP contribution in [0, 0.1) is 11.6 Å². The number of nitrogens with zero attached hydrogens (tertiary/aromatic N) is 4. The van der Waals surface area contributed by atoms with Crippen LogP contribution < -0.4 is 0 Å². The van der Waals surface area contributed by atoms with Crippen LogP contribution >= 0.6 is 11.6 Å². The third kappa shape index (κ3) is 2.06. The Bertz CT molecular complexity index is 778. The highest BCUT2D eigenvalue weighted by Crippen LogP contribution is 2.23. The first-order valence-corrected chi connectivity index (χ1v) is 6.50. The van der Waals surface area contributed by atoms with E-state index in [4.69, 9.17) is 11.6 Å². The molecule has 0 saturated carbocycles. The molecule has 0 radical (unpaired) electrons. The van der Waals surface area contributed by atoms with E-state index in [1.807, 2.05) is 0 Å². The van der Waals surface area contributed by atoms with Crippen molar-refractivity contribution in [2.75, 3.05) is 0 Å². The minimum atomic E-state index is -0.907. The van der Waals surface area contributed by atoms with E-state index in [0.29, 0.717) is 17.9 Å². The first-order valence-electron chi connectivity index (χ1n) is 5.96. The fourth-order valence-corrected chi connectivity index (χ4v) is 2.42. The number of hydrogen-bond donors (Lipinski definition) is 0. The van der Waals surface area contributed by atoms with Crippen LogP contribution in [0.25, 0.3) is 11.0 Å². The van der Waals surface area contributed by atoms with Gasteiger partial charge < -0.3 is 4.57 Å². The SMILES string of the molecule is Cn1cc(Cn2c(CCl)nc3ccc(F)c(F)c32)cn1. The molecular formula is C13H11ClF2N4. The summed E-state index contributed by atoms with van der Waals surface area (Å²) in [5.41, 5.74) is 1.38. The molecule has 1 aromatic carbocycles. The topological polar surface area (TPSA) is 35.6 Å². The minimum Gasteiger partial charge on any atom is -0.320 e. The monoisotopic (exact) mass is 296 g/mol. The van der Waals surface area contributed by atoms with Gasteiger partial charge in [0.2, 0.25) is 0 Å². The van der Waals surface area contributed by atoms with E-state index in [1.54, 1.807) is 28.7 Å². The highest BCUT2D eigenvalue weighted by atomic mass is 35.5. The van der Waals surface area contributed by atoms with E-state index in [9.17, 15) is 8.78 Å². The van der Waals surface area contributed by atoms with Gasteiger partial charge in [-0.15, -0.1) is 11.6 Å². The number of aryl methyl sites for hydroxylation is 1. The van der Waals surface area contributed by atoms with Crippen LogP contribution in [0.2, 0.25) is 0 Å². The molecule has 3 rings (SSSR count). The van der Waals surface area contributed by atoms with Crippen LogP contribution in [0.5, 0.6) is 0 Å². The van der Waals surface area contributed by atoms with Gasteiger partial charge in [-0.1, -0.05) is 0 Å². The molecule has 0 atom stereocenters. The Morgan fingerprint density at radius 1 is 1.30 bits per heavy atom. The molecule has 0 amide bonds. The number of rotatable bonds is 3. The Kier molecular flexibility index (Phi) is 3.17. The van der Waals surface area contributed by atoms with Gasteiger partial charge in [-0.2, -0.15) is 5.10 Å². The smallest absolute Gasteiger partial charge is 0.184 e. The van der Waals surface area contributed by atoms with E-state index < -0.39 is 11.6 Å². The summed E-state index contributed by atoms with van der Waals surface area (Å²) in [5, 5.41) is 4.05. The number of imidazole rings is 1. The minimum absolute atomic E-state index is 0.121. The fraction of sp³-hybridized carbons (Fsp3) is 0.231. The number of alkyl halides is 1. The molecule has 4 nitrogen and oxygen atoms in total. The van der Waals surface area contributed by atoms with Gasteiger partial charge in [-0.05, 0) is 12.1 Å². The predicted molar refractivity (Wildman–Crippen MR) is 71.5 cm³/mol. The molecule has 0 saturated heterocycles. The second-order valence-corrected chi connectivity index (χ2v) is 4.77. The van der Waals surface area contributed by atoms with E-state index in [1.165, 1.54) is 6.07 Å². The number of halogens is 3. The molecule has 0 aliphatic heterocycles. The van der Waals surface area contributed by atoms with Crippen molar-refractivity contribution in [2.24, 2.45) is 7.05 Å². The van der Waals surface area contributed by atoms with Gasteiger partial charge in [0.1, 0.15) is 11.3 Å². The van der Waals surface area contributed by atoms with Crippen LogP contribution in [-0.4, -0.2) is 19.3 Å². The lowest BCUT2D eigenvalue weighted by Crippen LogP contribution is -2.05. The van der Waals surface area contributed by atoms with Crippen molar-refractivity contribution < 1.29 is 8.78 Å². The maximum absolute atomic E-state index is 14.0. The molecule has 2 heterocycles. The van der Waals surface area contributed by atoms with E-state index >= 15 is 0 Å². The lowest BCUT2D eigenvalue weighted by atomic mass is 10.2. The van der Waals surface area contributed by atoms with Gasteiger partial charge in [0.15, 0.2) is 11.6 Å². The van der Waals surface area contributed by atoms with Crippen molar-refractivity contribution in [2.45, 2.75) is 12.4 Å². The van der Waals surface area contributed by atoms with Crippen molar-refractivity contribution in [1.82, 2.24) is 19.3 Å². The van der Waals surface area contributed by atoms with Gasteiger partial charge >= 0.3 is 0 Å². The fourth-order valence-electron chi connectivity index (χ4n) is 2.21. The third-order valence-electron chi connectivity index (χ3n) is 3.10. The number of benzene rings is 1. The summed E-state index contributed by atoms with van der Waals surface area (Å²) >= 11 is 5.85. The number of fused-ring (bicyclic) bond motifs is 1. The van der Waals surface area contributed by atoms with Gasteiger partial charge in [0.25, 0.3) is 0 Å². The molecule has 0 aliphatic carbocycles. The summed E-state index contributed by atoms with van der Waals surface area (Å²) in [4.78, 5) is 4.23. The normalized spacial score (nSPS) is 11.4. The number of aromatic nitrogens is 4. The standard InChI is InChI=1S/C13H11ClF2N4/c1-19-6-8(5-17-19)7-20-11(4-14)18-10-3-2-9(15)12(16)13(10)20/h2-3,5-6H,4,7H2,1H3. The molecule has 0 N–H and O–H groups in total. The van der Waals surface area contributed by atoms with Gasteiger partial charge in [-0.3, -0.25) is 4.68 Å². The second-order valence-electron chi connectivity index (χ2n) is 4.50. The van der Waals surface area contributed by atoms with Crippen molar-refractivity contribution in [3.63, 3.8) is 0 Å². The summed E-state index contributed by atoms with van der Waals surface area (Å²) in [6, 6.07) is 2.51. The highest BCUT2D eigenvalue weighted by Gasteiger charge is 2.17. The molecule has 7 heteroatoms. The van der Waals surface area contributed by atoms with Crippen LogP contribution in [0.3, 0.4) is 0 Å².